The summed E-state index contributed by atoms with van der Waals surface area (Å²) in [5.41, 5.74) is 0. The Balaban J connectivity index is 2.30. The second-order valence-electron chi connectivity index (χ2n) is 2.21. The minimum absolute atomic E-state index is 0.0201. The van der Waals surface area contributed by atoms with Gasteiger partial charge in [0.25, 0.3) is 0 Å². The molecule has 10 heavy (non-hydrogen) atoms. The average Bonchev–Trinajstić information content (AvgIpc) is 2.36. The molecule has 2 aliphatic heterocycles. The third-order valence-corrected chi connectivity index (χ3v) is 1.90. The van der Waals surface area contributed by atoms with Crippen LogP contribution in [-0.2, 0) is 0 Å². The fraction of sp³-hybridized carbons (Fsp3) is 0.333. The Morgan fingerprint density at radius 1 is 1.60 bits per heavy atom. The van der Waals surface area contributed by atoms with E-state index in [2.05, 4.69) is 15.3 Å². The Bertz CT molecular complexity index is 231. The van der Waals surface area contributed by atoms with Crippen LogP contribution in [0.25, 0.3) is 0 Å². The quantitative estimate of drug-likeness (QED) is 0.544. The molecule has 0 saturated carbocycles. The number of nitrogens with zero attached hydrogens (tertiary/aromatic N) is 2. The van der Waals surface area contributed by atoms with Crippen LogP contribution in [0, 0.1) is 0 Å². The first-order valence-corrected chi connectivity index (χ1v) is 3.43. The molecule has 4 heteroatoms. The summed E-state index contributed by atoms with van der Waals surface area (Å²) in [6.45, 7) is 0. The van der Waals surface area contributed by atoms with Gasteiger partial charge in [0.15, 0.2) is 0 Å². The van der Waals surface area contributed by atoms with Crippen LogP contribution in [0.4, 0.5) is 0 Å². The molecular formula is C6H6ClN3. The van der Waals surface area contributed by atoms with E-state index >= 15 is 0 Å². The molecule has 0 aromatic rings. The zero-order valence-electron chi connectivity index (χ0n) is 5.16. The highest BCUT2D eigenvalue weighted by atomic mass is 35.5. The molecule has 2 rings (SSSR count). The van der Waals surface area contributed by atoms with Crippen LogP contribution in [0.3, 0.4) is 0 Å². The van der Waals surface area contributed by atoms with Crippen molar-refractivity contribution in [1.82, 2.24) is 5.32 Å². The van der Waals surface area contributed by atoms with Gasteiger partial charge in [-0.15, -0.1) is 0 Å². The van der Waals surface area contributed by atoms with E-state index in [0.29, 0.717) is 5.17 Å². The van der Waals surface area contributed by atoms with Gasteiger partial charge in [-0.05, 0) is 6.08 Å². The Morgan fingerprint density at radius 2 is 2.50 bits per heavy atom. The second kappa shape index (κ2) is 2.09. The molecule has 0 aliphatic carbocycles. The van der Waals surface area contributed by atoms with Crippen LogP contribution in [-0.4, -0.2) is 23.6 Å². The van der Waals surface area contributed by atoms with Gasteiger partial charge < -0.3 is 5.32 Å². The summed E-state index contributed by atoms with van der Waals surface area (Å²) in [4.78, 5) is 8.01. The molecule has 1 N–H and O–H groups in total. The smallest absolute Gasteiger partial charge is 0.133 e. The minimum Gasteiger partial charge on any atom is -0.368 e. The van der Waals surface area contributed by atoms with Gasteiger partial charge in [0, 0.05) is 6.20 Å². The van der Waals surface area contributed by atoms with Crippen LogP contribution in [0.5, 0.6) is 0 Å². The Hall–Kier alpha value is -0.830. The van der Waals surface area contributed by atoms with Crippen molar-refractivity contribution in [3.63, 3.8) is 0 Å². The zero-order valence-corrected chi connectivity index (χ0v) is 5.92. The van der Waals surface area contributed by atoms with Crippen molar-refractivity contribution in [2.45, 2.75) is 12.1 Å². The standard InChI is InChI=1S/C6H6ClN3/c7-6-5-4(1-2-8-6)9-3-10-5/h1-5H,(H,9,10). The molecule has 0 aromatic carbocycles. The highest BCUT2D eigenvalue weighted by Crippen LogP contribution is 2.14. The second-order valence-corrected chi connectivity index (χ2v) is 2.60. The first-order valence-electron chi connectivity index (χ1n) is 3.05. The number of hydrogen-bond acceptors (Lipinski definition) is 3. The zero-order chi connectivity index (χ0) is 6.97. The molecule has 2 heterocycles. The third-order valence-electron chi connectivity index (χ3n) is 1.58. The van der Waals surface area contributed by atoms with E-state index in [4.69, 9.17) is 11.6 Å². The summed E-state index contributed by atoms with van der Waals surface area (Å²) in [7, 11) is 0. The van der Waals surface area contributed by atoms with Crippen molar-refractivity contribution in [3.05, 3.63) is 12.3 Å². The largest absolute Gasteiger partial charge is 0.368 e. The van der Waals surface area contributed by atoms with Gasteiger partial charge in [-0.3, -0.25) is 4.99 Å². The predicted octanol–water partition coefficient (Wildman–Crippen LogP) is 0.520. The lowest BCUT2D eigenvalue weighted by atomic mass is 10.1. The molecule has 0 aromatic heterocycles. The maximum Gasteiger partial charge on any atom is 0.133 e. The van der Waals surface area contributed by atoms with E-state index in [1.165, 1.54) is 0 Å². The summed E-state index contributed by atoms with van der Waals surface area (Å²) >= 11 is 5.76. The van der Waals surface area contributed by atoms with E-state index in [0.717, 1.165) is 0 Å². The monoisotopic (exact) mass is 155 g/mol. The number of halogens is 1. The first kappa shape index (κ1) is 5.92. The molecule has 0 bridgehead atoms. The van der Waals surface area contributed by atoms with Crippen LogP contribution in [0.15, 0.2) is 22.3 Å². The Labute approximate surface area is 63.5 Å². The van der Waals surface area contributed by atoms with Gasteiger partial charge in [-0.2, -0.15) is 0 Å². The van der Waals surface area contributed by atoms with Crippen molar-refractivity contribution in [2.75, 3.05) is 0 Å². The van der Waals surface area contributed by atoms with Crippen LogP contribution >= 0.6 is 11.6 Å². The molecular weight excluding hydrogens is 150 g/mol. The number of fused-ring (bicyclic) bond motifs is 1. The average molecular weight is 156 g/mol. The van der Waals surface area contributed by atoms with Gasteiger partial charge in [-0.25, -0.2) is 4.99 Å². The molecule has 0 saturated heterocycles. The Kier molecular flexibility index (Phi) is 1.24. The minimum atomic E-state index is 0.0201. The first-order chi connectivity index (χ1) is 4.88. The van der Waals surface area contributed by atoms with Crippen LogP contribution < -0.4 is 5.32 Å². The molecule has 0 amide bonds. The van der Waals surface area contributed by atoms with E-state index in [-0.39, 0.29) is 12.1 Å². The number of nitrogens with one attached hydrogen (secondary N) is 1. The lowest BCUT2D eigenvalue weighted by Gasteiger charge is -2.15. The van der Waals surface area contributed by atoms with Gasteiger partial charge in [-0.1, -0.05) is 11.6 Å². The topological polar surface area (TPSA) is 36.8 Å². The van der Waals surface area contributed by atoms with Gasteiger partial charge >= 0.3 is 0 Å². The lowest BCUT2D eigenvalue weighted by Crippen LogP contribution is -2.34. The maximum absolute atomic E-state index is 5.76. The molecule has 0 fully saturated rings. The van der Waals surface area contributed by atoms with E-state index in [9.17, 15) is 0 Å². The van der Waals surface area contributed by atoms with Crippen LogP contribution in [0.1, 0.15) is 0 Å². The Morgan fingerprint density at radius 3 is 3.30 bits per heavy atom. The normalized spacial score (nSPS) is 35.1. The van der Waals surface area contributed by atoms with Crippen molar-refractivity contribution in [3.8, 4) is 0 Å². The molecule has 2 aliphatic rings. The maximum atomic E-state index is 5.76. The van der Waals surface area contributed by atoms with Gasteiger partial charge in [0.05, 0.1) is 12.4 Å². The van der Waals surface area contributed by atoms with Crippen LogP contribution in [0.2, 0.25) is 0 Å². The highest BCUT2D eigenvalue weighted by molar-refractivity contribution is 6.67. The molecule has 2 atom stereocenters. The fourth-order valence-corrected chi connectivity index (χ4v) is 1.30. The predicted molar refractivity (Wildman–Crippen MR) is 41.6 cm³/mol. The third kappa shape index (κ3) is 0.743. The summed E-state index contributed by atoms with van der Waals surface area (Å²) in [6.07, 6.45) is 5.32. The fourth-order valence-electron chi connectivity index (χ4n) is 1.05. The van der Waals surface area contributed by atoms with E-state index < -0.39 is 0 Å². The number of aliphatic imine (C=N–C) groups is 2. The van der Waals surface area contributed by atoms with Crippen molar-refractivity contribution < 1.29 is 0 Å². The lowest BCUT2D eigenvalue weighted by molar-refractivity contribution is 0.725. The molecule has 0 radical (unpaired) electrons. The highest BCUT2D eigenvalue weighted by Gasteiger charge is 2.27. The SMILES string of the molecule is ClC1=NC=CC2NC=NC12. The van der Waals surface area contributed by atoms with Crippen molar-refractivity contribution in [1.29, 1.82) is 0 Å². The molecule has 2 unspecified atom stereocenters. The summed E-state index contributed by atoms with van der Waals surface area (Å²) in [5, 5.41) is 3.61. The molecule has 52 valence electrons. The van der Waals surface area contributed by atoms with E-state index in [1.54, 1.807) is 12.5 Å². The van der Waals surface area contributed by atoms with E-state index in [1.807, 2.05) is 6.08 Å². The van der Waals surface area contributed by atoms with Gasteiger partial charge in [0.1, 0.15) is 11.2 Å². The summed E-state index contributed by atoms with van der Waals surface area (Å²) in [6, 6.07) is 0.247. The molecule has 3 nitrogen and oxygen atoms in total. The summed E-state index contributed by atoms with van der Waals surface area (Å²) < 4.78 is 0. The number of hydrogen-bond donors (Lipinski definition) is 1. The molecule has 0 spiro atoms. The van der Waals surface area contributed by atoms with Gasteiger partial charge in [0.2, 0.25) is 0 Å². The summed E-state index contributed by atoms with van der Waals surface area (Å²) in [5.74, 6) is 0. The number of rotatable bonds is 0. The van der Waals surface area contributed by atoms with Crippen molar-refractivity contribution >= 4 is 23.1 Å². The van der Waals surface area contributed by atoms with Crippen molar-refractivity contribution in [2.24, 2.45) is 9.98 Å².